The number of nitrogens with zero attached hydrogens (tertiary/aromatic N) is 2. The highest BCUT2D eigenvalue weighted by Gasteiger charge is 2.41. The van der Waals surface area contributed by atoms with Gasteiger partial charge in [0.15, 0.2) is 0 Å². The zero-order valence-electron chi connectivity index (χ0n) is 13.1. The van der Waals surface area contributed by atoms with Crippen molar-refractivity contribution in [2.24, 2.45) is 5.92 Å². The van der Waals surface area contributed by atoms with E-state index in [2.05, 4.69) is 22.4 Å². The molecule has 0 amide bonds. The molecule has 0 aromatic carbocycles. The normalized spacial score (nSPS) is 37.0. The number of aromatic nitrogens is 2. The summed E-state index contributed by atoms with van der Waals surface area (Å²) in [7, 11) is 3.49. The Morgan fingerprint density at radius 3 is 2.90 bits per heavy atom. The molecule has 6 nitrogen and oxygen atoms in total. The fraction of sp³-hybridized carbons (Fsp3) is 0.867. The van der Waals surface area contributed by atoms with Crippen molar-refractivity contribution >= 4 is 0 Å². The Morgan fingerprint density at radius 1 is 1.38 bits per heavy atom. The second-order valence-electron chi connectivity index (χ2n) is 6.41. The lowest BCUT2D eigenvalue weighted by atomic mass is 9.78. The Labute approximate surface area is 125 Å². The summed E-state index contributed by atoms with van der Waals surface area (Å²) in [6.07, 6.45) is 5.40. The van der Waals surface area contributed by atoms with E-state index in [1.54, 1.807) is 14.2 Å². The van der Waals surface area contributed by atoms with Gasteiger partial charge in [0.1, 0.15) is 5.60 Å². The smallest absolute Gasteiger partial charge is 0.243 e. The molecule has 2 fully saturated rings. The number of hydrogen-bond acceptors (Lipinski definition) is 6. The first-order valence-corrected chi connectivity index (χ1v) is 7.82. The molecular weight excluding hydrogens is 270 g/mol. The first-order valence-electron chi connectivity index (χ1n) is 7.82. The van der Waals surface area contributed by atoms with Crippen molar-refractivity contribution in [3.05, 3.63) is 11.7 Å². The van der Waals surface area contributed by atoms with Crippen molar-refractivity contribution in [2.75, 3.05) is 20.8 Å². The van der Waals surface area contributed by atoms with Gasteiger partial charge in [-0.1, -0.05) is 18.5 Å². The molecule has 1 saturated heterocycles. The van der Waals surface area contributed by atoms with Crippen LogP contribution in [-0.4, -0.2) is 37.0 Å². The summed E-state index contributed by atoms with van der Waals surface area (Å²) in [6.45, 7) is 3.08. The number of ether oxygens (including phenoxy) is 2. The molecule has 1 aliphatic heterocycles. The van der Waals surface area contributed by atoms with E-state index in [1.165, 1.54) is 6.42 Å². The molecule has 118 valence electrons. The maximum atomic E-state index is 5.82. The summed E-state index contributed by atoms with van der Waals surface area (Å²) in [6, 6.07) is 0.0890. The van der Waals surface area contributed by atoms with Crippen LogP contribution in [0, 0.1) is 5.92 Å². The van der Waals surface area contributed by atoms with Gasteiger partial charge < -0.3 is 19.3 Å². The lowest BCUT2D eigenvalue weighted by Crippen LogP contribution is -2.35. The summed E-state index contributed by atoms with van der Waals surface area (Å²) >= 11 is 0. The summed E-state index contributed by atoms with van der Waals surface area (Å²) in [5.41, 5.74) is -0.376. The van der Waals surface area contributed by atoms with Crippen LogP contribution in [0.5, 0.6) is 0 Å². The van der Waals surface area contributed by atoms with Crippen molar-refractivity contribution in [3.63, 3.8) is 0 Å². The molecule has 1 aromatic heterocycles. The number of nitrogens with one attached hydrogen (secondary N) is 1. The van der Waals surface area contributed by atoms with Gasteiger partial charge in [0.25, 0.3) is 0 Å². The molecule has 0 radical (unpaired) electrons. The van der Waals surface area contributed by atoms with E-state index in [1.807, 2.05) is 0 Å². The highest BCUT2D eigenvalue weighted by molar-refractivity contribution is 5.06. The molecule has 3 rings (SSSR count). The maximum absolute atomic E-state index is 5.82. The van der Waals surface area contributed by atoms with Crippen molar-refractivity contribution < 1.29 is 14.0 Å². The van der Waals surface area contributed by atoms with E-state index >= 15 is 0 Å². The van der Waals surface area contributed by atoms with Crippen LogP contribution >= 0.6 is 0 Å². The van der Waals surface area contributed by atoms with Gasteiger partial charge in [-0.25, -0.2) is 0 Å². The van der Waals surface area contributed by atoms with Crippen LogP contribution in [0.15, 0.2) is 4.52 Å². The van der Waals surface area contributed by atoms with E-state index in [0.717, 1.165) is 32.2 Å². The van der Waals surface area contributed by atoms with E-state index in [4.69, 9.17) is 14.0 Å². The first kappa shape index (κ1) is 14.9. The maximum Gasteiger partial charge on any atom is 0.243 e. The van der Waals surface area contributed by atoms with E-state index in [0.29, 0.717) is 17.6 Å². The van der Waals surface area contributed by atoms with Crippen molar-refractivity contribution in [3.8, 4) is 0 Å². The molecule has 2 heterocycles. The third kappa shape index (κ3) is 2.84. The van der Waals surface area contributed by atoms with E-state index in [-0.39, 0.29) is 17.7 Å². The van der Waals surface area contributed by atoms with Crippen LogP contribution in [-0.2, 0) is 15.1 Å². The van der Waals surface area contributed by atoms with Gasteiger partial charge in [-0.3, -0.25) is 0 Å². The standard InChI is InChI=1S/C15H25N3O3/c1-10-5-4-6-15(8-10,20-3)14-17-13(21-18-14)12-7-11(19-2)9-16-12/h10-12,16H,4-9H2,1-3H3. The minimum absolute atomic E-state index is 0.0890. The van der Waals surface area contributed by atoms with Gasteiger partial charge >= 0.3 is 0 Å². The lowest BCUT2D eigenvalue weighted by Gasteiger charge is -2.36. The summed E-state index contributed by atoms with van der Waals surface area (Å²) in [4.78, 5) is 4.64. The molecule has 4 unspecified atom stereocenters. The van der Waals surface area contributed by atoms with Crippen LogP contribution < -0.4 is 5.32 Å². The summed E-state index contributed by atoms with van der Waals surface area (Å²) in [5, 5.41) is 7.59. The van der Waals surface area contributed by atoms with Gasteiger partial charge in [0.05, 0.1) is 12.1 Å². The van der Waals surface area contributed by atoms with Gasteiger partial charge in [-0.05, 0) is 31.6 Å². The third-order valence-electron chi connectivity index (χ3n) is 4.92. The fourth-order valence-electron chi connectivity index (χ4n) is 3.62. The fourth-order valence-corrected chi connectivity index (χ4v) is 3.62. The molecule has 0 spiro atoms. The van der Waals surface area contributed by atoms with Crippen molar-refractivity contribution in [1.82, 2.24) is 15.5 Å². The quantitative estimate of drug-likeness (QED) is 0.918. The largest absolute Gasteiger partial charge is 0.380 e. The Morgan fingerprint density at radius 2 is 2.24 bits per heavy atom. The van der Waals surface area contributed by atoms with Crippen LogP contribution in [0.4, 0.5) is 0 Å². The lowest BCUT2D eigenvalue weighted by molar-refractivity contribution is -0.0658. The van der Waals surface area contributed by atoms with Gasteiger partial charge in [-0.2, -0.15) is 4.98 Å². The number of rotatable bonds is 4. The summed E-state index contributed by atoms with van der Waals surface area (Å²) in [5.74, 6) is 1.98. The average Bonchev–Trinajstić information content (AvgIpc) is 3.16. The van der Waals surface area contributed by atoms with Crippen LogP contribution in [0.25, 0.3) is 0 Å². The average molecular weight is 295 g/mol. The minimum atomic E-state index is -0.376. The molecule has 1 N–H and O–H groups in total. The molecule has 4 atom stereocenters. The second kappa shape index (κ2) is 6.02. The van der Waals surface area contributed by atoms with Crippen LogP contribution in [0.2, 0.25) is 0 Å². The highest BCUT2D eigenvalue weighted by atomic mass is 16.5. The molecule has 2 aliphatic rings. The third-order valence-corrected chi connectivity index (χ3v) is 4.92. The van der Waals surface area contributed by atoms with Crippen molar-refractivity contribution in [2.45, 2.75) is 56.8 Å². The van der Waals surface area contributed by atoms with Crippen molar-refractivity contribution in [1.29, 1.82) is 0 Å². The van der Waals surface area contributed by atoms with Crippen LogP contribution in [0.1, 0.15) is 56.8 Å². The number of methoxy groups -OCH3 is 2. The molecule has 6 heteroatoms. The zero-order chi connectivity index (χ0) is 14.9. The van der Waals surface area contributed by atoms with Gasteiger partial charge in [0.2, 0.25) is 11.7 Å². The number of hydrogen-bond donors (Lipinski definition) is 1. The Bertz CT molecular complexity index is 478. The SMILES string of the molecule is COC1CNC(c2nc(C3(OC)CCCC(C)C3)no2)C1. The predicted octanol–water partition coefficient (Wildman–Crippen LogP) is 2.17. The monoisotopic (exact) mass is 295 g/mol. The molecule has 21 heavy (non-hydrogen) atoms. The highest BCUT2D eigenvalue weighted by Crippen LogP contribution is 2.41. The Kier molecular flexibility index (Phi) is 4.28. The van der Waals surface area contributed by atoms with E-state index in [9.17, 15) is 0 Å². The Balaban J connectivity index is 1.77. The molecule has 1 aliphatic carbocycles. The van der Waals surface area contributed by atoms with Gasteiger partial charge in [0, 0.05) is 20.8 Å². The van der Waals surface area contributed by atoms with Crippen LogP contribution in [0.3, 0.4) is 0 Å². The second-order valence-corrected chi connectivity index (χ2v) is 6.41. The Hall–Kier alpha value is -0.980. The predicted molar refractivity (Wildman–Crippen MR) is 76.8 cm³/mol. The molecule has 1 aromatic rings. The summed E-state index contributed by atoms with van der Waals surface area (Å²) < 4.78 is 16.7. The molecule has 0 bridgehead atoms. The van der Waals surface area contributed by atoms with Gasteiger partial charge in [-0.15, -0.1) is 0 Å². The minimum Gasteiger partial charge on any atom is -0.380 e. The first-order chi connectivity index (χ1) is 10.2. The molecule has 1 saturated carbocycles. The molecular formula is C15H25N3O3. The zero-order valence-corrected chi connectivity index (χ0v) is 13.1. The van der Waals surface area contributed by atoms with E-state index < -0.39 is 0 Å². The topological polar surface area (TPSA) is 69.4 Å².